The van der Waals surface area contributed by atoms with E-state index in [1.165, 1.54) is 28.6 Å². The van der Waals surface area contributed by atoms with Crippen molar-refractivity contribution in [1.82, 2.24) is 10.3 Å². The van der Waals surface area contributed by atoms with Gasteiger partial charge < -0.3 is 10.2 Å². The predicted molar refractivity (Wildman–Crippen MR) is 94.4 cm³/mol. The van der Waals surface area contributed by atoms with Crippen molar-refractivity contribution in [1.29, 1.82) is 0 Å². The fourth-order valence-electron chi connectivity index (χ4n) is 2.45. The zero-order valence-electron chi connectivity index (χ0n) is 13.9. The summed E-state index contributed by atoms with van der Waals surface area (Å²) in [4.78, 5) is 7.33. The molecule has 0 amide bonds. The predicted octanol–water partition coefficient (Wildman–Crippen LogP) is 3.50. The van der Waals surface area contributed by atoms with Crippen molar-refractivity contribution >= 4 is 17.6 Å². The maximum absolute atomic E-state index is 4.89. The van der Waals surface area contributed by atoms with E-state index >= 15 is 0 Å². The van der Waals surface area contributed by atoms with Crippen LogP contribution in [0.15, 0.2) is 12.1 Å². The molecule has 1 N–H and O–H groups in total. The van der Waals surface area contributed by atoms with E-state index in [4.69, 9.17) is 4.98 Å². The lowest BCUT2D eigenvalue weighted by Crippen LogP contribution is -2.33. The highest BCUT2D eigenvalue weighted by Crippen LogP contribution is 2.22. The van der Waals surface area contributed by atoms with Crippen molar-refractivity contribution in [2.24, 2.45) is 5.92 Å². The summed E-state index contributed by atoms with van der Waals surface area (Å²) in [5, 5.41) is 3.55. The number of thioether (sulfide) groups is 1. The average Bonchev–Trinajstić information content (AvgIpc) is 2.47. The summed E-state index contributed by atoms with van der Waals surface area (Å²) in [6.45, 7) is 13.2. The first-order chi connectivity index (χ1) is 10.1. The molecule has 0 unspecified atom stereocenters. The van der Waals surface area contributed by atoms with E-state index in [1.807, 2.05) is 11.8 Å². The third-order valence-electron chi connectivity index (χ3n) is 3.70. The van der Waals surface area contributed by atoms with E-state index in [1.54, 1.807) is 0 Å². The minimum absolute atomic E-state index is 0.480. The molecule has 1 aromatic rings. The van der Waals surface area contributed by atoms with E-state index in [2.05, 4.69) is 50.0 Å². The van der Waals surface area contributed by atoms with Gasteiger partial charge in [0, 0.05) is 36.8 Å². The van der Waals surface area contributed by atoms with E-state index in [0.29, 0.717) is 11.8 Å². The molecule has 21 heavy (non-hydrogen) atoms. The van der Waals surface area contributed by atoms with Crippen LogP contribution in [0.4, 0.5) is 5.82 Å². The number of nitrogens with zero attached hydrogens (tertiary/aromatic N) is 2. The Morgan fingerprint density at radius 1 is 1.19 bits per heavy atom. The fraction of sp³-hybridized carbons (Fsp3) is 0.706. The van der Waals surface area contributed by atoms with E-state index in [-0.39, 0.29) is 0 Å². The molecule has 2 rings (SSSR count). The van der Waals surface area contributed by atoms with Crippen LogP contribution in [0.3, 0.4) is 0 Å². The number of pyridine rings is 1. The number of hydrogen-bond donors (Lipinski definition) is 1. The van der Waals surface area contributed by atoms with Crippen LogP contribution in [0.5, 0.6) is 0 Å². The van der Waals surface area contributed by atoms with Crippen molar-refractivity contribution < 1.29 is 0 Å². The number of anilines is 1. The molecule has 0 radical (unpaired) electrons. The Kier molecular flexibility index (Phi) is 6.37. The monoisotopic (exact) mass is 307 g/mol. The Hall–Kier alpha value is -0.740. The van der Waals surface area contributed by atoms with Gasteiger partial charge in [-0.1, -0.05) is 27.7 Å². The normalized spacial score (nSPS) is 16.0. The molecular weight excluding hydrogens is 278 g/mol. The van der Waals surface area contributed by atoms with Crippen LogP contribution >= 0.6 is 11.8 Å². The Morgan fingerprint density at radius 2 is 1.90 bits per heavy atom. The molecule has 0 saturated carbocycles. The van der Waals surface area contributed by atoms with Gasteiger partial charge in [-0.2, -0.15) is 11.8 Å². The molecule has 118 valence electrons. The summed E-state index contributed by atoms with van der Waals surface area (Å²) in [7, 11) is 0. The highest BCUT2D eigenvalue weighted by Gasteiger charge is 2.15. The number of rotatable bonds is 6. The number of nitrogens with one attached hydrogen (secondary N) is 1. The lowest BCUT2D eigenvalue weighted by molar-refractivity contribution is 0.551. The SMILES string of the molecule is CC(C)CNCc1cc(C(C)C)nc(N2CCSCC2)c1. The smallest absolute Gasteiger partial charge is 0.129 e. The van der Waals surface area contributed by atoms with Crippen LogP contribution in [0.1, 0.15) is 44.9 Å². The van der Waals surface area contributed by atoms with Gasteiger partial charge in [-0.25, -0.2) is 4.98 Å². The van der Waals surface area contributed by atoms with Crippen molar-refractivity contribution in [2.45, 2.75) is 40.2 Å². The first-order valence-corrected chi connectivity index (χ1v) is 9.26. The van der Waals surface area contributed by atoms with Crippen molar-refractivity contribution in [3.63, 3.8) is 0 Å². The van der Waals surface area contributed by atoms with Crippen LogP contribution < -0.4 is 10.2 Å². The van der Waals surface area contributed by atoms with Gasteiger partial charge in [-0.05, 0) is 36.1 Å². The molecule has 1 aliphatic heterocycles. The van der Waals surface area contributed by atoms with Gasteiger partial charge in [0.1, 0.15) is 5.82 Å². The molecule has 0 spiro atoms. The standard InChI is InChI=1S/C17H29N3S/c1-13(2)11-18-12-15-9-16(14(3)4)19-17(10-15)20-5-7-21-8-6-20/h9-10,13-14,18H,5-8,11-12H2,1-4H3. The molecule has 4 heteroatoms. The number of aromatic nitrogens is 1. The minimum Gasteiger partial charge on any atom is -0.355 e. The Labute approximate surface area is 133 Å². The van der Waals surface area contributed by atoms with Gasteiger partial charge >= 0.3 is 0 Å². The highest BCUT2D eigenvalue weighted by atomic mass is 32.2. The second-order valence-corrected chi connectivity index (χ2v) is 7.76. The molecule has 3 nitrogen and oxygen atoms in total. The van der Waals surface area contributed by atoms with Crippen LogP contribution in [-0.2, 0) is 6.54 Å². The molecule has 0 bridgehead atoms. The second kappa shape index (κ2) is 8.04. The van der Waals surface area contributed by atoms with E-state index in [0.717, 1.165) is 26.2 Å². The number of hydrogen-bond acceptors (Lipinski definition) is 4. The zero-order valence-corrected chi connectivity index (χ0v) is 14.7. The molecular formula is C17H29N3S. The van der Waals surface area contributed by atoms with Gasteiger partial charge in [0.05, 0.1) is 0 Å². The maximum Gasteiger partial charge on any atom is 0.129 e. The Balaban J connectivity index is 2.13. The van der Waals surface area contributed by atoms with Gasteiger partial charge in [0.2, 0.25) is 0 Å². The lowest BCUT2D eigenvalue weighted by atomic mass is 10.1. The highest BCUT2D eigenvalue weighted by molar-refractivity contribution is 7.99. The van der Waals surface area contributed by atoms with E-state index < -0.39 is 0 Å². The first kappa shape index (κ1) is 16.6. The lowest BCUT2D eigenvalue weighted by Gasteiger charge is -2.28. The molecule has 0 aliphatic carbocycles. The van der Waals surface area contributed by atoms with Crippen molar-refractivity contribution in [2.75, 3.05) is 36.0 Å². The molecule has 2 heterocycles. The topological polar surface area (TPSA) is 28.2 Å². The first-order valence-electron chi connectivity index (χ1n) is 8.10. The van der Waals surface area contributed by atoms with Crippen LogP contribution in [0, 0.1) is 5.92 Å². The van der Waals surface area contributed by atoms with Crippen molar-refractivity contribution in [3.8, 4) is 0 Å². The summed E-state index contributed by atoms with van der Waals surface area (Å²) in [6, 6.07) is 4.54. The third kappa shape index (κ3) is 5.19. The van der Waals surface area contributed by atoms with Gasteiger partial charge in [0.15, 0.2) is 0 Å². The Bertz CT molecular complexity index is 440. The quantitative estimate of drug-likeness (QED) is 0.870. The van der Waals surface area contributed by atoms with Crippen LogP contribution in [-0.4, -0.2) is 36.1 Å². The molecule has 0 atom stereocenters. The maximum atomic E-state index is 4.89. The largest absolute Gasteiger partial charge is 0.355 e. The molecule has 1 aromatic heterocycles. The Morgan fingerprint density at radius 3 is 2.52 bits per heavy atom. The summed E-state index contributed by atoms with van der Waals surface area (Å²) in [6.07, 6.45) is 0. The second-order valence-electron chi connectivity index (χ2n) is 6.54. The molecule has 1 aliphatic rings. The zero-order chi connectivity index (χ0) is 15.2. The molecule has 1 saturated heterocycles. The third-order valence-corrected chi connectivity index (χ3v) is 4.64. The summed E-state index contributed by atoms with van der Waals surface area (Å²) in [5.41, 5.74) is 2.58. The minimum atomic E-state index is 0.480. The summed E-state index contributed by atoms with van der Waals surface area (Å²) in [5.74, 6) is 4.77. The van der Waals surface area contributed by atoms with Gasteiger partial charge in [0.25, 0.3) is 0 Å². The van der Waals surface area contributed by atoms with Gasteiger partial charge in [-0.3, -0.25) is 0 Å². The fourth-order valence-corrected chi connectivity index (χ4v) is 3.35. The average molecular weight is 308 g/mol. The molecule has 1 fully saturated rings. The van der Waals surface area contributed by atoms with Crippen LogP contribution in [0.2, 0.25) is 0 Å². The molecule has 0 aromatic carbocycles. The van der Waals surface area contributed by atoms with Gasteiger partial charge in [-0.15, -0.1) is 0 Å². The van der Waals surface area contributed by atoms with Crippen LogP contribution in [0.25, 0.3) is 0 Å². The summed E-state index contributed by atoms with van der Waals surface area (Å²) < 4.78 is 0. The summed E-state index contributed by atoms with van der Waals surface area (Å²) >= 11 is 2.04. The van der Waals surface area contributed by atoms with Crippen molar-refractivity contribution in [3.05, 3.63) is 23.4 Å². The van der Waals surface area contributed by atoms with E-state index in [9.17, 15) is 0 Å².